The van der Waals surface area contributed by atoms with Gasteiger partial charge in [-0.25, -0.2) is 4.99 Å². The van der Waals surface area contributed by atoms with Crippen LogP contribution in [0.2, 0.25) is 0 Å². The number of fused-ring (bicyclic) bond motifs is 1. The van der Waals surface area contributed by atoms with E-state index < -0.39 is 18.1 Å². The smallest absolute Gasteiger partial charge is 0.308 e. The number of aliphatic imine (C=N–C) groups is 1. The maximum atomic E-state index is 15.1. The number of benzene rings is 1. The van der Waals surface area contributed by atoms with Gasteiger partial charge >= 0.3 is 5.92 Å². The Bertz CT molecular complexity index is 748. The molecule has 2 aliphatic rings. The summed E-state index contributed by atoms with van der Waals surface area (Å²) in [7, 11) is 3.27. The van der Waals surface area contributed by atoms with Crippen LogP contribution in [0, 0.1) is 6.92 Å². The van der Waals surface area contributed by atoms with Crippen LogP contribution in [0.25, 0.3) is 0 Å². The first kappa shape index (κ1) is 21.0. The third-order valence-electron chi connectivity index (χ3n) is 5.96. The molecule has 0 heterocycles. The lowest BCUT2D eigenvalue weighted by Crippen LogP contribution is -2.57. The number of ether oxygens (including phenoxy) is 2. The molecule has 3 rings (SSSR count). The number of alkyl halides is 2. The van der Waals surface area contributed by atoms with Gasteiger partial charge in [0.15, 0.2) is 5.60 Å². The zero-order valence-electron chi connectivity index (χ0n) is 17.1. The molecule has 0 aliphatic heterocycles. The first-order valence-electron chi connectivity index (χ1n) is 9.95. The van der Waals surface area contributed by atoms with E-state index in [1.54, 1.807) is 19.3 Å². The van der Waals surface area contributed by atoms with E-state index in [2.05, 4.69) is 4.99 Å². The van der Waals surface area contributed by atoms with Crippen molar-refractivity contribution in [3.8, 4) is 5.75 Å². The quantitative estimate of drug-likeness (QED) is 0.553. The molecule has 156 valence electrons. The standard InChI is InChI=1S/C21H30F2N2O3/c1-5-25(3)13-24-16-11-17(27-4)19-18(14(16)2)21(22,23)20(19,26)12-28-15-9-7-6-8-10-15/h11,13,15,26H,5-10,12H2,1-4H3/b24-13+. The number of hydrogen-bond acceptors (Lipinski definition) is 4. The number of rotatable bonds is 7. The van der Waals surface area contributed by atoms with Gasteiger partial charge in [0, 0.05) is 30.8 Å². The molecule has 7 heteroatoms. The summed E-state index contributed by atoms with van der Waals surface area (Å²) in [6.45, 7) is 3.89. The molecule has 0 spiro atoms. The molecule has 1 N–H and O–H groups in total. The molecule has 28 heavy (non-hydrogen) atoms. The third kappa shape index (κ3) is 3.39. The number of hydrogen-bond donors (Lipinski definition) is 1. The maximum Gasteiger partial charge on any atom is 0.308 e. The molecule has 1 fully saturated rings. The molecule has 1 unspecified atom stereocenters. The van der Waals surface area contributed by atoms with E-state index in [1.165, 1.54) is 7.11 Å². The SMILES string of the molecule is CCN(C)/C=N/c1cc(OC)c2c(c1C)C(F)(F)C2(O)COC1CCCCC1. The number of aliphatic hydroxyl groups is 1. The van der Waals surface area contributed by atoms with Crippen LogP contribution in [-0.2, 0) is 16.3 Å². The van der Waals surface area contributed by atoms with Crippen molar-refractivity contribution < 1.29 is 23.4 Å². The Kier molecular flexibility index (Phi) is 5.96. The fourth-order valence-corrected chi connectivity index (χ4v) is 4.02. The lowest BCUT2D eigenvalue weighted by atomic mass is 9.67. The number of nitrogens with zero attached hydrogens (tertiary/aromatic N) is 2. The first-order chi connectivity index (χ1) is 13.3. The fourth-order valence-electron chi connectivity index (χ4n) is 4.02. The molecule has 0 bridgehead atoms. The van der Waals surface area contributed by atoms with Gasteiger partial charge in [0.1, 0.15) is 5.75 Å². The van der Waals surface area contributed by atoms with Crippen molar-refractivity contribution in [2.45, 2.75) is 63.6 Å². The Morgan fingerprint density at radius 1 is 1.29 bits per heavy atom. The van der Waals surface area contributed by atoms with E-state index in [1.807, 2.05) is 18.9 Å². The van der Waals surface area contributed by atoms with E-state index in [-0.39, 0.29) is 23.0 Å². The molecule has 1 atom stereocenters. The second kappa shape index (κ2) is 7.95. The van der Waals surface area contributed by atoms with Gasteiger partial charge in [-0.05, 0) is 32.3 Å². The van der Waals surface area contributed by atoms with Gasteiger partial charge in [-0.15, -0.1) is 0 Å². The van der Waals surface area contributed by atoms with Crippen LogP contribution in [0.15, 0.2) is 11.1 Å². The van der Waals surface area contributed by atoms with Crippen LogP contribution in [0.4, 0.5) is 14.5 Å². The highest BCUT2D eigenvalue weighted by atomic mass is 19.3. The Morgan fingerprint density at radius 2 is 1.96 bits per heavy atom. The summed E-state index contributed by atoms with van der Waals surface area (Å²) < 4.78 is 41.3. The van der Waals surface area contributed by atoms with E-state index in [0.29, 0.717) is 11.3 Å². The second-order valence-electron chi connectivity index (χ2n) is 7.80. The minimum atomic E-state index is -3.42. The monoisotopic (exact) mass is 396 g/mol. The molecule has 2 aliphatic carbocycles. The highest BCUT2D eigenvalue weighted by molar-refractivity contribution is 5.71. The fraction of sp³-hybridized carbons (Fsp3) is 0.667. The normalized spacial score (nSPS) is 24.1. The Labute approximate surface area is 165 Å². The predicted molar refractivity (Wildman–Crippen MR) is 105 cm³/mol. The molecule has 0 aromatic heterocycles. The predicted octanol–water partition coefficient (Wildman–Crippen LogP) is 4.26. The molecule has 1 aromatic carbocycles. The summed E-state index contributed by atoms with van der Waals surface area (Å²) in [4.78, 5) is 6.17. The lowest BCUT2D eigenvalue weighted by molar-refractivity contribution is -0.255. The van der Waals surface area contributed by atoms with Crippen molar-refractivity contribution >= 4 is 12.0 Å². The van der Waals surface area contributed by atoms with Gasteiger partial charge in [-0.3, -0.25) is 0 Å². The molecule has 0 saturated heterocycles. The highest BCUT2D eigenvalue weighted by Crippen LogP contribution is 2.62. The summed E-state index contributed by atoms with van der Waals surface area (Å²) in [5.74, 6) is -3.20. The lowest BCUT2D eigenvalue weighted by Gasteiger charge is -2.48. The van der Waals surface area contributed by atoms with Gasteiger partial charge in [0.25, 0.3) is 0 Å². The largest absolute Gasteiger partial charge is 0.496 e. The van der Waals surface area contributed by atoms with Gasteiger partial charge < -0.3 is 19.5 Å². The zero-order chi connectivity index (χ0) is 20.5. The molecule has 1 saturated carbocycles. The topological polar surface area (TPSA) is 54.3 Å². The average Bonchev–Trinajstić information content (AvgIpc) is 2.70. The van der Waals surface area contributed by atoms with Crippen LogP contribution in [0.3, 0.4) is 0 Å². The van der Waals surface area contributed by atoms with Crippen molar-refractivity contribution in [1.82, 2.24) is 4.90 Å². The molecular weight excluding hydrogens is 366 g/mol. The van der Waals surface area contributed by atoms with Crippen LogP contribution in [-0.4, -0.2) is 49.8 Å². The van der Waals surface area contributed by atoms with Crippen LogP contribution in [0.5, 0.6) is 5.75 Å². The zero-order valence-corrected chi connectivity index (χ0v) is 17.1. The van der Waals surface area contributed by atoms with Gasteiger partial charge in [-0.1, -0.05) is 19.3 Å². The number of methoxy groups -OCH3 is 1. The van der Waals surface area contributed by atoms with E-state index in [9.17, 15) is 5.11 Å². The molecule has 1 aromatic rings. The first-order valence-corrected chi connectivity index (χ1v) is 9.95. The Balaban J connectivity index is 1.93. The molecular formula is C21H30F2N2O3. The van der Waals surface area contributed by atoms with Crippen molar-refractivity contribution in [1.29, 1.82) is 0 Å². The Hall–Kier alpha value is -1.73. The summed E-state index contributed by atoms with van der Waals surface area (Å²) in [5, 5.41) is 10.9. The summed E-state index contributed by atoms with van der Waals surface area (Å²) in [6, 6.07) is 1.61. The van der Waals surface area contributed by atoms with Crippen LogP contribution in [0.1, 0.15) is 55.7 Å². The molecule has 0 radical (unpaired) electrons. The molecule has 0 amide bonds. The summed E-state index contributed by atoms with van der Waals surface area (Å²) in [6.07, 6.45) is 6.44. The van der Waals surface area contributed by atoms with E-state index >= 15 is 8.78 Å². The Morgan fingerprint density at radius 3 is 2.57 bits per heavy atom. The minimum Gasteiger partial charge on any atom is -0.496 e. The maximum absolute atomic E-state index is 15.1. The summed E-state index contributed by atoms with van der Waals surface area (Å²) in [5.41, 5.74) is -1.70. The third-order valence-corrected chi connectivity index (χ3v) is 5.96. The van der Waals surface area contributed by atoms with Crippen molar-refractivity contribution in [2.75, 3.05) is 27.3 Å². The minimum absolute atomic E-state index is 0.0711. The highest BCUT2D eigenvalue weighted by Gasteiger charge is 2.68. The van der Waals surface area contributed by atoms with Crippen molar-refractivity contribution in [3.05, 3.63) is 22.8 Å². The molecule has 5 nitrogen and oxygen atoms in total. The summed E-state index contributed by atoms with van der Waals surface area (Å²) >= 11 is 0. The van der Waals surface area contributed by atoms with Gasteiger partial charge in [0.2, 0.25) is 0 Å². The van der Waals surface area contributed by atoms with Crippen molar-refractivity contribution in [2.24, 2.45) is 4.99 Å². The van der Waals surface area contributed by atoms with E-state index in [0.717, 1.165) is 38.6 Å². The van der Waals surface area contributed by atoms with Crippen LogP contribution < -0.4 is 4.74 Å². The average molecular weight is 396 g/mol. The second-order valence-corrected chi connectivity index (χ2v) is 7.80. The van der Waals surface area contributed by atoms with Gasteiger partial charge in [-0.2, -0.15) is 8.78 Å². The van der Waals surface area contributed by atoms with Gasteiger partial charge in [0.05, 0.1) is 31.8 Å². The van der Waals surface area contributed by atoms with Crippen molar-refractivity contribution in [3.63, 3.8) is 0 Å². The van der Waals surface area contributed by atoms with Crippen LogP contribution >= 0.6 is 0 Å². The number of halogens is 2. The van der Waals surface area contributed by atoms with E-state index in [4.69, 9.17) is 9.47 Å².